The second kappa shape index (κ2) is 6.45. The maximum Gasteiger partial charge on any atom is 0.324 e. The van der Waals surface area contributed by atoms with Crippen LogP contribution in [0.5, 0.6) is 5.75 Å². The van der Waals surface area contributed by atoms with E-state index in [0.717, 1.165) is 0 Å². The summed E-state index contributed by atoms with van der Waals surface area (Å²) in [6.45, 7) is 0. The van der Waals surface area contributed by atoms with Gasteiger partial charge in [-0.2, -0.15) is 0 Å². The van der Waals surface area contributed by atoms with Crippen molar-refractivity contribution in [3.63, 3.8) is 0 Å². The van der Waals surface area contributed by atoms with Gasteiger partial charge in [0.1, 0.15) is 11.6 Å². The van der Waals surface area contributed by atoms with Gasteiger partial charge in [-0.25, -0.2) is 9.78 Å². The third kappa shape index (κ3) is 3.76. The Morgan fingerprint density at radius 1 is 1.15 bits per heavy atom. The zero-order valence-electron chi connectivity index (χ0n) is 10.5. The number of anilines is 2. The van der Waals surface area contributed by atoms with Crippen molar-refractivity contribution in [2.45, 2.75) is 0 Å². The number of methoxy groups -OCH3 is 1. The molecule has 0 saturated heterocycles. The zero-order chi connectivity index (χ0) is 14.5. The van der Waals surface area contributed by atoms with E-state index in [0.29, 0.717) is 27.3 Å². The Bertz CT molecular complexity index is 618. The van der Waals surface area contributed by atoms with Crippen molar-refractivity contribution in [1.82, 2.24) is 4.98 Å². The van der Waals surface area contributed by atoms with Crippen molar-refractivity contribution < 1.29 is 9.53 Å². The fourth-order valence-corrected chi connectivity index (χ4v) is 1.78. The van der Waals surface area contributed by atoms with Gasteiger partial charge < -0.3 is 10.1 Å². The quantitative estimate of drug-likeness (QED) is 0.899. The minimum Gasteiger partial charge on any atom is -0.495 e. The van der Waals surface area contributed by atoms with Crippen molar-refractivity contribution >= 4 is 40.7 Å². The van der Waals surface area contributed by atoms with Gasteiger partial charge in [0.15, 0.2) is 0 Å². The number of ether oxygens (including phenoxy) is 1. The number of urea groups is 1. The van der Waals surface area contributed by atoms with E-state index >= 15 is 0 Å². The summed E-state index contributed by atoms with van der Waals surface area (Å²) in [6, 6.07) is 7.69. The highest BCUT2D eigenvalue weighted by Gasteiger charge is 2.08. The van der Waals surface area contributed by atoms with Crippen LogP contribution in [0.3, 0.4) is 0 Å². The van der Waals surface area contributed by atoms with Gasteiger partial charge in [0.2, 0.25) is 0 Å². The summed E-state index contributed by atoms with van der Waals surface area (Å²) in [7, 11) is 1.51. The number of amides is 2. The van der Waals surface area contributed by atoms with Crippen LogP contribution in [-0.2, 0) is 0 Å². The molecule has 5 nitrogen and oxygen atoms in total. The van der Waals surface area contributed by atoms with Crippen LogP contribution in [0.15, 0.2) is 36.5 Å². The first-order valence-corrected chi connectivity index (χ1v) is 6.37. The Morgan fingerprint density at radius 2 is 1.90 bits per heavy atom. The van der Waals surface area contributed by atoms with Crippen molar-refractivity contribution in [3.05, 3.63) is 46.6 Å². The third-order valence-electron chi connectivity index (χ3n) is 2.38. The molecule has 0 radical (unpaired) electrons. The normalized spacial score (nSPS) is 9.95. The molecule has 1 aromatic carbocycles. The molecule has 0 spiro atoms. The average molecular weight is 312 g/mol. The highest BCUT2D eigenvalue weighted by Crippen LogP contribution is 2.27. The predicted octanol–water partition coefficient (Wildman–Crippen LogP) is 4.04. The fourth-order valence-electron chi connectivity index (χ4n) is 1.50. The topological polar surface area (TPSA) is 63.2 Å². The molecule has 1 heterocycles. The van der Waals surface area contributed by atoms with Gasteiger partial charge in [-0.3, -0.25) is 5.32 Å². The maximum atomic E-state index is 11.9. The molecule has 0 bridgehead atoms. The number of nitrogens with zero attached hydrogens (tertiary/aromatic N) is 1. The highest BCUT2D eigenvalue weighted by atomic mass is 35.5. The lowest BCUT2D eigenvalue weighted by Gasteiger charge is -2.11. The summed E-state index contributed by atoms with van der Waals surface area (Å²) in [5.41, 5.74) is 0.464. The monoisotopic (exact) mass is 311 g/mol. The summed E-state index contributed by atoms with van der Waals surface area (Å²) in [5.74, 6) is 0.890. The predicted molar refractivity (Wildman–Crippen MR) is 79.9 cm³/mol. The van der Waals surface area contributed by atoms with Gasteiger partial charge in [-0.15, -0.1) is 0 Å². The van der Waals surface area contributed by atoms with E-state index in [1.165, 1.54) is 13.3 Å². The summed E-state index contributed by atoms with van der Waals surface area (Å²) in [6.07, 6.45) is 1.44. The zero-order valence-corrected chi connectivity index (χ0v) is 12.0. The van der Waals surface area contributed by atoms with Crippen LogP contribution in [0.2, 0.25) is 10.0 Å². The number of carbonyl (C=O) groups excluding carboxylic acids is 1. The highest BCUT2D eigenvalue weighted by molar-refractivity contribution is 6.31. The molecule has 2 amide bonds. The number of hydrogen-bond acceptors (Lipinski definition) is 3. The number of carbonyl (C=O) groups is 1. The van der Waals surface area contributed by atoms with Gasteiger partial charge in [-0.05, 0) is 30.3 Å². The summed E-state index contributed by atoms with van der Waals surface area (Å²) in [5, 5.41) is 6.19. The van der Waals surface area contributed by atoms with Crippen molar-refractivity contribution in [1.29, 1.82) is 0 Å². The number of rotatable bonds is 3. The van der Waals surface area contributed by atoms with Gasteiger partial charge in [0, 0.05) is 11.2 Å². The van der Waals surface area contributed by atoms with Crippen LogP contribution in [0.25, 0.3) is 0 Å². The summed E-state index contributed by atoms with van der Waals surface area (Å²) >= 11 is 11.6. The van der Waals surface area contributed by atoms with Crippen molar-refractivity contribution in [3.8, 4) is 5.75 Å². The molecule has 0 aliphatic rings. The van der Waals surface area contributed by atoms with E-state index in [4.69, 9.17) is 27.9 Å². The molecule has 1 aromatic heterocycles. The largest absolute Gasteiger partial charge is 0.495 e. The lowest BCUT2D eigenvalue weighted by molar-refractivity contribution is 0.262. The summed E-state index contributed by atoms with van der Waals surface area (Å²) < 4.78 is 5.13. The first-order valence-electron chi connectivity index (χ1n) is 5.61. The lowest BCUT2D eigenvalue weighted by Crippen LogP contribution is -2.20. The molecule has 0 unspecified atom stereocenters. The van der Waals surface area contributed by atoms with Crippen LogP contribution in [0, 0.1) is 0 Å². The summed E-state index contributed by atoms with van der Waals surface area (Å²) in [4.78, 5) is 15.8. The fraction of sp³-hybridized carbons (Fsp3) is 0.0769. The molecule has 2 rings (SSSR count). The Labute approximate surface area is 125 Å². The van der Waals surface area contributed by atoms with E-state index < -0.39 is 6.03 Å². The number of pyridine rings is 1. The first kappa shape index (κ1) is 14.4. The molecular weight excluding hydrogens is 301 g/mol. The molecule has 0 aliphatic heterocycles. The average Bonchev–Trinajstić information content (AvgIpc) is 2.41. The second-order valence-corrected chi connectivity index (χ2v) is 4.66. The third-order valence-corrected chi connectivity index (χ3v) is 2.84. The lowest BCUT2D eigenvalue weighted by atomic mass is 10.3. The van der Waals surface area contributed by atoms with E-state index in [2.05, 4.69) is 15.6 Å². The van der Waals surface area contributed by atoms with Gasteiger partial charge in [0.05, 0.1) is 17.8 Å². The molecule has 7 heteroatoms. The van der Waals surface area contributed by atoms with E-state index in [-0.39, 0.29) is 0 Å². The van der Waals surface area contributed by atoms with Crippen molar-refractivity contribution in [2.24, 2.45) is 0 Å². The molecule has 20 heavy (non-hydrogen) atoms. The van der Waals surface area contributed by atoms with E-state index in [9.17, 15) is 4.79 Å². The van der Waals surface area contributed by atoms with Crippen LogP contribution in [0.4, 0.5) is 16.3 Å². The Kier molecular flexibility index (Phi) is 4.65. The molecule has 2 N–H and O–H groups in total. The number of hydrogen-bond donors (Lipinski definition) is 2. The minimum absolute atomic E-state index is 0.382. The van der Waals surface area contributed by atoms with Gasteiger partial charge >= 0.3 is 6.03 Å². The number of aromatic nitrogens is 1. The standard InChI is InChI=1S/C13H11Cl2N3O2/c1-20-11-4-2-8(14)6-10(11)17-13(19)18-12-5-3-9(15)7-16-12/h2-7H,1H3,(H2,16,17,18,19). The number of benzene rings is 1. The first-order chi connectivity index (χ1) is 9.58. The Balaban J connectivity index is 2.08. The van der Waals surface area contributed by atoms with Crippen LogP contribution in [0.1, 0.15) is 0 Å². The van der Waals surface area contributed by atoms with Gasteiger partial charge in [0.25, 0.3) is 0 Å². The molecule has 0 aliphatic carbocycles. The Hall–Kier alpha value is -1.98. The van der Waals surface area contributed by atoms with Crippen molar-refractivity contribution in [2.75, 3.05) is 17.7 Å². The second-order valence-electron chi connectivity index (χ2n) is 3.79. The van der Waals surface area contributed by atoms with E-state index in [1.54, 1.807) is 30.3 Å². The molecule has 0 saturated carbocycles. The molecule has 0 atom stereocenters. The van der Waals surface area contributed by atoms with Crippen LogP contribution in [-0.4, -0.2) is 18.1 Å². The number of halogens is 2. The maximum absolute atomic E-state index is 11.9. The molecular formula is C13H11Cl2N3O2. The van der Waals surface area contributed by atoms with Crippen LogP contribution >= 0.6 is 23.2 Å². The molecule has 104 valence electrons. The molecule has 0 fully saturated rings. The minimum atomic E-state index is -0.458. The smallest absolute Gasteiger partial charge is 0.324 e. The Morgan fingerprint density at radius 3 is 2.55 bits per heavy atom. The molecule has 2 aromatic rings. The number of nitrogens with one attached hydrogen (secondary N) is 2. The SMILES string of the molecule is COc1ccc(Cl)cc1NC(=O)Nc1ccc(Cl)cn1. The van der Waals surface area contributed by atoms with Crippen LogP contribution < -0.4 is 15.4 Å². The van der Waals surface area contributed by atoms with Gasteiger partial charge in [-0.1, -0.05) is 23.2 Å². The van der Waals surface area contributed by atoms with E-state index in [1.807, 2.05) is 0 Å².